The molecule has 4 nitrogen and oxygen atoms in total. The molecule has 132 valence electrons. The van der Waals surface area contributed by atoms with E-state index in [2.05, 4.69) is 4.98 Å². The number of rotatable bonds is 5. The number of benzene rings is 2. The van der Waals surface area contributed by atoms with E-state index in [1.54, 1.807) is 37.4 Å². The number of hydrogen-bond donors (Lipinski definition) is 1. The first-order chi connectivity index (χ1) is 12.6. The Balaban J connectivity index is 2.08. The van der Waals surface area contributed by atoms with Crippen LogP contribution in [0.15, 0.2) is 66.9 Å². The Labute approximate surface area is 153 Å². The van der Waals surface area contributed by atoms with E-state index in [9.17, 15) is 9.90 Å². The van der Waals surface area contributed by atoms with Gasteiger partial charge in [0, 0.05) is 6.20 Å². The van der Waals surface area contributed by atoms with Gasteiger partial charge in [-0.2, -0.15) is 0 Å². The van der Waals surface area contributed by atoms with E-state index in [0.717, 1.165) is 16.7 Å². The lowest BCUT2D eigenvalue weighted by atomic mass is 9.95. The van der Waals surface area contributed by atoms with Gasteiger partial charge in [-0.1, -0.05) is 35.9 Å². The Morgan fingerprint density at radius 2 is 1.85 bits per heavy atom. The molecule has 1 aromatic heterocycles. The summed E-state index contributed by atoms with van der Waals surface area (Å²) in [5.74, 6) is -0.407. The number of hydrogen-bond acceptors (Lipinski definition) is 4. The molecule has 1 unspecified atom stereocenters. The maximum Gasteiger partial charge on any atom is 0.338 e. The second-order valence-electron chi connectivity index (χ2n) is 6.09. The van der Waals surface area contributed by atoms with Gasteiger partial charge < -0.3 is 9.84 Å². The second kappa shape index (κ2) is 7.93. The van der Waals surface area contributed by atoms with Crippen molar-refractivity contribution in [3.05, 3.63) is 89.2 Å². The lowest BCUT2D eigenvalue weighted by Gasteiger charge is -2.14. The van der Waals surface area contributed by atoms with Crippen molar-refractivity contribution >= 4 is 5.97 Å². The van der Waals surface area contributed by atoms with Crippen LogP contribution in [-0.2, 0) is 4.74 Å². The van der Waals surface area contributed by atoms with Gasteiger partial charge in [-0.05, 0) is 60.9 Å². The van der Waals surface area contributed by atoms with Crippen LogP contribution in [0, 0.1) is 6.92 Å². The van der Waals surface area contributed by atoms with Gasteiger partial charge in [0.1, 0.15) is 6.10 Å². The fourth-order valence-corrected chi connectivity index (χ4v) is 2.76. The van der Waals surface area contributed by atoms with Crippen molar-refractivity contribution in [2.24, 2.45) is 0 Å². The minimum Gasteiger partial charge on any atom is -0.462 e. The Hall–Kier alpha value is -2.98. The van der Waals surface area contributed by atoms with Gasteiger partial charge in [-0.15, -0.1) is 0 Å². The Kier molecular flexibility index (Phi) is 5.44. The molecule has 3 rings (SSSR count). The Morgan fingerprint density at radius 1 is 1.08 bits per heavy atom. The number of aryl methyl sites for hydroxylation is 1. The average Bonchev–Trinajstić information content (AvgIpc) is 2.68. The maximum atomic E-state index is 12.3. The molecule has 0 amide bonds. The van der Waals surface area contributed by atoms with Gasteiger partial charge in [0.2, 0.25) is 0 Å². The summed E-state index contributed by atoms with van der Waals surface area (Å²) in [4.78, 5) is 16.5. The zero-order chi connectivity index (χ0) is 18.5. The molecule has 0 aliphatic rings. The molecule has 1 heterocycles. The summed E-state index contributed by atoms with van der Waals surface area (Å²) in [5, 5.41) is 10.7. The SMILES string of the molecule is CCOC(=O)c1cc(-c2ccc(C)cc2)cc(C(O)c2ccccn2)c1. The highest BCUT2D eigenvalue weighted by atomic mass is 16.5. The number of aliphatic hydroxyl groups is 1. The van der Waals surface area contributed by atoms with E-state index in [0.29, 0.717) is 23.4 Å². The number of esters is 1. The summed E-state index contributed by atoms with van der Waals surface area (Å²) >= 11 is 0. The smallest absolute Gasteiger partial charge is 0.338 e. The number of nitrogens with zero attached hydrogens (tertiary/aromatic N) is 1. The van der Waals surface area contributed by atoms with Crippen molar-refractivity contribution in [2.75, 3.05) is 6.61 Å². The van der Waals surface area contributed by atoms with Crippen molar-refractivity contribution in [1.29, 1.82) is 0 Å². The molecule has 0 aliphatic carbocycles. The van der Waals surface area contributed by atoms with Crippen LogP contribution in [0.4, 0.5) is 0 Å². The minimum absolute atomic E-state index is 0.297. The van der Waals surface area contributed by atoms with Crippen molar-refractivity contribution in [3.8, 4) is 11.1 Å². The number of carbonyl (C=O) groups is 1. The van der Waals surface area contributed by atoms with Crippen molar-refractivity contribution in [2.45, 2.75) is 20.0 Å². The maximum absolute atomic E-state index is 12.3. The lowest BCUT2D eigenvalue weighted by molar-refractivity contribution is 0.0526. The van der Waals surface area contributed by atoms with Crippen molar-refractivity contribution < 1.29 is 14.6 Å². The molecule has 1 atom stereocenters. The van der Waals surface area contributed by atoms with Crippen LogP contribution in [-0.4, -0.2) is 22.7 Å². The minimum atomic E-state index is -0.922. The molecule has 26 heavy (non-hydrogen) atoms. The largest absolute Gasteiger partial charge is 0.462 e. The lowest BCUT2D eigenvalue weighted by Crippen LogP contribution is -2.08. The van der Waals surface area contributed by atoms with Gasteiger partial charge in [0.05, 0.1) is 17.9 Å². The molecule has 0 saturated carbocycles. The van der Waals surface area contributed by atoms with Crippen LogP contribution in [0.25, 0.3) is 11.1 Å². The number of aromatic nitrogens is 1. The summed E-state index contributed by atoms with van der Waals surface area (Å²) in [5.41, 5.74) is 4.52. The predicted molar refractivity (Wildman–Crippen MR) is 101 cm³/mol. The number of pyridine rings is 1. The fraction of sp³-hybridized carbons (Fsp3) is 0.182. The highest BCUT2D eigenvalue weighted by Crippen LogP contribution is 2.28. The third-order valence-electron chi connectivity index (χ3n) is 4.14. The number of aliphatic hydroxyl groups excluding tert-OH is 1. The third-order valence-corrected chi connectivity index (χ3v) is 4.14. The first-order valence-electron chi connectivity index (χ1n) is 8.56. The first-order valence-corrected chi connectivity index (χ1v) is 8.56. The van der Waals surface area contributed by atoms with Crippen molar-refractivity contribution in [1.82, 2.24) is 4.98 Å². The highest BCUT2D eigenvalue weighted by molar-refractivity contribution is 5.91. The molecule has 0 radical (unpaired) electrons. The third kappa shape index (κ3) is 3.98. The summed E-state index contributed by atoms with van der Waals surface area (Å²) < 4.78 is 5.14. The van der Waals surface area contributed by atoms with Gasteiger partial charge in [-0.25, -0.2) is 4.79 Å². The molecule has 0 spiro atoms. The van der Waals surface area contributed by atoms with Crippen LogP contribution in [0.3, 0.4) is 0 Å². The number of ether oxygens (including phenoxy) is 1. The monoisotopic (exact) mass is 347 g/mol. The second-order valence-corrected chi connectivity index (χ2v) is 6.09. The molecule has 0 aliphatic heterocycles. The molecular formula is C22H21NO3. The van der Waals surface area contributed by atoms with Crippen LogP contribution >= 0.6 is 0 Å². The van der Waals surface area contributed by atoms with Gasteiger partial charge in [-0.3, -0.25) is 4.98 Å². The van der Waals surface area contributed by atoms with Crippen LogP contribution < -0.4 is 0 Å². The summed E-state index contributed by atoms with van der Waals surface area (Å²) in [6.07, 6.45) is 0.712. The van der Waals surface area contributed by atoms with E-state index in [-0.39, 0.29) is 0 Å². The van der Waals surface area contributed by atoms with Gasteiger partial charge in [0.15, 0.2) is 0 Å². The molecule has 2 aromatic carbocycles. The molecule has 3 aromatic rings. The average molecular weight is 347 g/mol. The quantitative estimate of drug-likeness (QED) is 0.699. The summed E-state index contributed by atoms with van der Waals surface area (Å²) in [6.45, 7) is 4.09. The fourth-order valence-electron chi connectivity index (χ4n) is 2.76. The Bertz CT molecular complexity index is 889. The molecule has 0 fully saturated rings. The standard InChI is InChI=1S/C22H21NO3/c1-3-26-22(25)19-13-17(16-9-7-15(2)8-10-16)12-18(14-19)21(24)20-6-4-5-11-23-20/h4-14,21,24H,3H2,1-2H3. The van der Waals surface area contributed by atoms with Crippen molar-refractivity contribution in [3.63, 3.8) is 0 Å². The molecular weight excluding hydrogens is 326 g/mol. The van der Waals surface area contributed by atoms with Crippen LogP contribution in [0.2, 0.25) is 0 Å². The zero-order valence-corrected chi connectivity index (χ0v) is 14.8. The number of carbonyl (C=O) groups excluding carboxylic acids is 1. The van der Waals surface area contributed by atoms with Gasteiger partial charge in [0.25, 0.3) is 0 Å². The van der Waals surface area contributed by atoms with Crippen LogP contribution in [0.1, 0.15) is 40.2 Å². The first kappa shape index (κ1) is 17.8. The molecule has 1 N–H and O–H groups in total. The summed E-state index contributed by atoms with van der Waals surface area (Å²) in [7, 11) is 0. The Morgan fingerprint density at radius 3 is 2.50 bits per heavy atom. The summed E-state index contributed by atoms with van der Waals surface area (Å²) in [6, 6.07) is 18.7. The van der Waals surface area contributed by atoms with E-state index >= 15 is 0 Å². The topological polar surface area (TPSA) is 59.4 Å². The van der Waals surface area contributed by atoms with E-state index in [1.165, 1.54) is 0 Å². The highest BCUT2D eigenvalue weighted by Gasteiger charge is 2.17. The molecule has 4 heteroatoms. The van der Waals surface area contributed by atoms with E-state index in [1.807, 2.05) is 43.3 Å². The molecule has 0 saturated heterocycles. The predicted octanol–water partition coefficient (Wildman–Crippen LogP) is 4.32. The normalized spacial score (nSPS) is 11.8. The van der Waals surface area contributed by atoms with Gasteiger partial charge >= 0.3 is 5.97 Å². The van der Waals surface area contributed by atoms with E-state index in [4.69, 9.17) is 4.74 Å². The molecule has 0 bridgehead atoms. The zero-order valence-electron chi connectivity index (χ0n) is 14.8. The van der Waals surface area contributed by atoms with Crippen LogP contribution in [0.5, 0.6) is 0 Å². The van der Waals surface area contributed by atoms with E-state index < -0.39 is 12.1 Å².